The van der Waals surface area contributed by atoms with Crippen LogP contribution in [0, 0.1) is 0 Å². The van der Waals surface area contributed by atoms with Crippen LogP contribution in [0.5, 0.6) is 0 Å². The van der Waals surface area contributed by atoms with Gasteiger partial charge in [-0.05, 0) is 17.5 Å². The van der Waals surface area contributed by atoms with Crippen molar-refractivity contribution >= 4 is 23.5 Å². The molecule has 0 saturated carbocycles. The molecule has 3 rings (SSSR count). The first-order chi connectivity index (χ1) is 14.0. The zero-order valence-electron chi connectivity index (χ0n) is 15.9. The molecule has 29 heavy (non-hydrogen) atoms. The van der Waals surface area contributed by atoms with Gasteiger partial charge in [0.05, 0.1) is 0 Å². The minimum atomic E-state index is -1.10. The third-order valence-electron chi connectivity index (χ3n) is 4.99. The van der Waals surface area contributed by atoms with Gasteiger partial charge in [-0.15, -0.1) is 0 Å². The van der Waals surface area contributed by atoms with Gasteiger partial charge < -0.3 is 16.0 Å². The van der Waals surface area contributed by atoms with Crippen LogP contribution in [0.15, 0.2) is 60.7 Å². The second-order valence-corrected chi connectivity index (χ2v) is 7.04. The summed E-state index contributed by atoms with van der Waals surface area (Å²) in [5.74, 6) is -2.53. The number of likely N-dealkylation sites (tertiary alicyclic amines) is 1. The van der Waals surface area contributed by atoms with E-state index in [1.807, 2.05) is 36.4 Å². The second kappa shape index (κ2) is 9.14. The summed E-state index contributed by atoms with van der Waals surface area (Å²) in [5, 5.41) is 2.64. The Labute approximate surface area is 168 Å². The van der Waals surface area contributed by atoms with Crippen molar-refractivity contribution in [3.8, 4) is 0 Å². The number of nitrogens with two attached hydrogens (primary N) is 1. The topological polar surface area (TPSA) is 110 Å². The number of hydrogen-bond donors (Lipinski definition) is 2. The zero-order valence-corrected chi connectivity index (χ0v) is 15.9. The van der Waals surface area contributed by atoms with E-state index in [9.17, 15) is 19.2 Å². The average Bonchev–Trinajstić information content (AvgIpc) is 3.08. The lowest BCUT2D eigenvalue weighted by Gasteiger charge is -2.26. The van der Waals surface area contributed by atoms with Gasteiger partial charge in [0.15, 0.2) is 0 Å². The van der Waals surface area contributed by atoms with E-state index in [1.165, 1.54) is 4.90 Å². The van der Waals surface area contributed by atoms with Gasteiger partial charge in [-0.25, -0.2) is 0 Å². The van der Waals surface area contributed by atoms with Gasteiger partial charge in [0.1, 0.15) is 12.1 Å². The molecule has 2 aromatic rings. The summed E-state index contributed by atoms with van der Waals surface area (Å²) in [6, 6.07) is 16.7. The number of nitrogens with zero attached hydrogens (tertiary/aromatic N) is 1. The highest BCUT2D eigenvalue weighted by Gasteiger charge is 2.37. The first kappa shape index (κ1) is 20.3. The van der Waals surface area contributed by atoms with E-state index in [0.29, 0.717) is 13.0 Å². The van der Waals surface area contributed by atoms with Crippen molar-refractivity contribution in [2.75, 3.05) is 0 Å². The molecule has 0 spiro atoms. The molecule has 3 amide bonds. The Morgan fingerprint density at radius 2 is 1.59 bits per heavy atom. The van der Waals surface area contributed by atoms with Crippen LogP contribution in [0.1, 0.15) is 24.0 Å². The first-order valence-corrected chi connectivity index (χ1v) is 9.47. The van der Waals surface area contributed by atoms with Gasteiger partial charge >= 0.3 is 0 Å². The quantitative estimate of drug-likeness (QED) is 0.651. The molecule has 1 saturated heterocycles. The molecule has 0 aromatic heterocycles. The van der Waals surface area contributed by atoms with Crippen LogP contribution in [-0.4, -0.2) is 40.5 Å². The number of carbonyl (C=O) groups excluding carboxylic acids is 4. The van der Waals surface area contributed by atoms with Crippen LogP contribution < -0.4 is 11.1 Å². The molecule has 3 N–H and O–H groups in total. The normalized spacial score (nSPS) is 17.0. The fourth-order valence-corrected chi connectivity index (χ4v) is 3.48. The van der Waals surface area contributed by atoms with Gasteiger partial charge in [0, 0.05) is 19.4 Å². The van der Waals surface area contributed by atoms with Crippen LogP contribution in [-0.2, 0) is 32.1 Å². The standard InChI is InChI=1S/C22H23N3O4/c23-21(28)20(27)17(13-15-7-3-1-4-8-15)24-22(29)18-11-12-19(26)25(18)14-16-9-5-2-6-10-16/h1-10,17-18H,11-14H2,(H2,23,28)(H,24,29)/t17?,18-/m0/s1. The highest BCUT2D eigenvalue weighted by molar-refractivity contribution is 6.37. The van der Waals surface area contributed by atoms with Crippen molar-refractivity contribution in [2.45, 2.75) is 37.9 Å². The smallest absolute Gasteiger partial charge is 0.287 e. The SMILES string of the molecule is NC(=O)C(=O)C(Cc1ccccc1)NC(=O)[C@@H]1CCC(=O)N1Cc1ccccc1. The molecule has 7 nitrogen and oxygen atoms in total. The molecular weight excluding hydrogens is 370 g/mol. The molecule has 1 aliphatic heterocycles. The van der Waals surface area contributed by atoms with E-state index in [4.69, 9.17) is 5.73 Å². The molecule has 1 fully saturated rings. The molecule has 2 atom stereocenters. The maximum atomic E-state index is 12.9. The summed E-state index contributed by atoms with van der Waals surface area (Å²) in [6.45, 7) is 0.310. The summed E-state index contributed by atoms with van der Waals surface area (Å²) < 4.78 is 0. The summed E-state index contributed by atoms with van der Waals surface area (Å²) in [5.41, 5.74) is 6.87. The molecule has 1 unspecified atom stereocenters. The Hall–Kier alpha value is -3.48. The lowest BCUT2D eigenvalue weighted by molar-refractivity contribution is -0.140. The van der Waals surface area contributed by atoms with Crippen LogP contribution in [0.2, 0.25) is 0 Å². The van der Waals surface area contributed by atoms with Gasteiger partial charge in [-0.3, -0.25) is 19.2 Å². The minimum Gasteiger partial charge on any atom is -0.363 e. The van der Waals surface area contributed by atoms with Crippen LogP contribution in [0.4, 0.5) is 0 Å². The Balaban J connectivity index is 1.74. The molecule has 0 radical (unpaired) electrons. The van der Waals surface area contributed by atoms with Crippen molar-refractivity contribution < 1.29 is 19.2 Å². The number of rotatable bonds is 8. The fraction of sp³-hybridized carbons (Fsp3) is 0.273. The van der Waals surface area contributed by atoms with Crippen molar-refractivity contribution in [2.24, 2.45) is 5.73 Å². The highest BCUT2D eigenvalue weighted by Crippen LogP contribution is 2.22. The number of benzene rings is 2. The summed E-state index contributed by atoms with van der Waals surface area (Å²) in [6.07, 6.45) is 0.770. The van der Waals surface area contributed by atoms with E-state index in [0.717, 1.165) is 11.1 Å². The number of amides is 3. The first-order valence-electron chi connectivity index (χ1n) is 9.47. The summed E-state index contributed by atoms with van der Waals surface area (Å²) >= 11 is 0. The van der Waals surface area contributed by atoms with Gasteiger partial charge in [0.25, 0.3) is 5.91 Å². The predicted molar refractivity (Wildman–Crippen MR) is 106 cm³/mol. The predicted octanol–water partition coefficient (Wildman–Crippen LogP) is 0.959. The van der Waals surface area contributed by atoms with E-state index < -0.39 is 29.7 Å². The zero-order chi connectivity index (χ0) is 20.8. The number of Topliss-reactive ketones (excluding diaryl/α,β-unsaturated/α-hetero) is 1. The maximum absolute atomic E-state index is 12.9. The Bertz CT molecular complexity index is 899. The van der Waals surface area contributed by atoms with E-state index in [-0.39, 0.29) is 18.7 Å². The molecule has 2 aromatic carbocycles. The van der Waals surface area contributed by atoms with E-state index in [2.05, 4.69) is 5.32 Å². The van der Waals surface area contributed by atoms with Gasteiger partial charge in [0.2, 0.25) is 17.6 Å². The van der Waals surface area contributed by atoms with Crippen LogP contribution in [0.3, 0.4) is 0 Å². The van der Waals surface area contributed by atoms with Crippen LogP contribution in [0.25, 0.3) is 0 Å². The number of nitrogens with one attached hydrogen (secondary N) is 1. The monoisotopic (exact) mass is 393 g/mol. The van der Waals surface area contributed by atoms with Crippen molar-refractivity contribution in [1.82, 2.24) is 10.2 Å². The lowest BCUT2D eigenvalue weighted by atomic mass is 10.0. The number of carbonyl (C=O) groups is 4. The molecular formula is C22H23N3O4. The third-order valence-corrected chi connectivity index (χ3v) is 4.99. The van der Waals surface area contributed by atoms with E-state index in [1.54, 1.807) is 24.3 Å². The molecule has 150 valence electrons. The van der Waals surface area contributed by atoms with E-state index >= 15 is 0 Å². The third kappa shape index (κ3) is 5.07. The summed E-state index contributed by atoms with van der Waals surface area (Å²) in [4.78, 5) is 50.5. The number of ketones is 1. The molecule has 1 heterocycles. The fourth-order valence-electron chi connectivity index (χ4n) is 3.48. The molecule has 7 heteroatoms. The van der Waals surface area contributed by atoms with Gasteiger partial charge in [-0.2, -0.15) is 0 Å². The Kier molecular flexibility index (Phi) is 6.39. The average molecular weight is 393 g/mol. The molecule has 0 aliphatic carbocycles. The Morgan fingerprint density at radius 1 is 1.00 bits per heavy atom. The number of primary amides is 1. The molecule has 0 bridgehead atoms. The van der Waals surface area contributed by atoms with Crippen LogP contribution >= 0.6 is 0 Å². The largest absolute Gasteiger partial charge is 0.363 e. The maximum Gasteiger partial charge on any atom is 0.287 e. The second-order valence-electron chi connectivity index (χ2n) is 7.04. The van der Waals surface area contributed by atoms with Crippen molar-refractivity contribution in [3.63, 3.8) is 0 Å². The molecule has 1 aliphatic rings. The number of hydrogen-bond acceptors (Lipinski definition) is 4. The lowest BCUT2D eigenvalue weighted by Crippen LogP contribution is -2.53. The van der Waals surface area contributed by atoms with Crippen molar-refractivity contribution in [3.05, 3.63) is 71.8 Å². The highest BCUT2D eigenvalue weighted by atomic mass is 16.2. The summed E-state index contributed by atoms with van der Waals surface area (Å²) in [7, 11) is 0. The Morgan fingerprint density at radius 3 is 2.17 bits per heavy atom. The van der Waals surface area contributed by atoms with Gasteiger partial charge in [-0.1, -0.05) is 60.7 Å². The van der Waals surface area contributed by atoms with Crippen molar-refractivity contribution in [1.29, 1.82) is 0 Å². The minimum absolute atomic E-state index is 0.116.